The molecule has 3 rings (SSSR count). The van der Waals surface area contributed by atoms with Crippen molar-refractivity contribution in [2.24, 2.45) is 0 Å². The summed E-state index contributed by atoms with van der Waals surface area (Å²) in [5.74, 6) is 1.55. The van der Waals surface area contributed by atoms with Gasteiger partial charge >= 0.3 is 0 Å². The molecule has 0 bridgehead atoms. The monoisotopic (exact) mass is 290 g/mol. The summed E-state index contributed by atoms with van der Waals surface area (Å²) in [6, 6.07) is 5.43. The molecule has 1 aromatic rings. The lowest BCUT2D eigenvalue weighted by Crippen LogP contribution is -2.47. The van der Waals surface area contributed by atoms with Crippen LogP contribution in [0.4, 0.5) is 0 Å². The third kappa shape index (κ3) is 3.36. The normalized spacial score (nSPS) is 18.9. The molecule has 0 aliphatic carbocycles. The maximum atomic E-state index is 12.4. The number of carbonyl (C=O) groups is 1. The first-order valence-corrected chi connectivity index (χ1v) is 7.64. The molecule has 5 nitrogen and oxygen atoms in total. The Bertz CT molecular complexity index is 510. The molecule has 0 spiro atoms. The first kappa shape index (κ1) is 14.4. The highest BCUT2D eigenvalue weighted by molar-refractivity contribution is 5.98. The molecule has 0 amide bonds. The van der Waals surface area contributed by atoms with Crippen LogP contribution in [0.25, 0.3) is 0 Å². The summed E-state index contributed by atoms with van der Waals surface area (Å²) in [6.45, 7) is 8.14. The fourth-order valence-electron chi connectivity index (χ4n) is 2.85. The van der Waals surface area contributed by atoms with Gasteiger partial charge in [0.2, 0.25) is 6.79 Å². The molecule has 1 saturated heterocycles. The zero-order chi connectivity index (χ0) is 14.7. The fraction of sp³-hybridized carbons (Fsp3) is 0.562. The maximum absolute atomic E-state index is 12.4. The number of hydrogen-bond acceptors (Lipinski definition) is 5. The minimum Gasteiger partial charge on any atom is -0.454 e. The molecule has 5 heteroatoms. The minimum atomic E-state index is 0.150. The van der Waals surface area contributed by atoms with E-state index in [1.807, 2.05) is 12.1 Å². The Kier molecular flexibility index (Phi) is 4.41. The van der Waals surface area contributed by atoms with Crippen molar-refractivity contribution in [3.05, 3.63) is 23.8 Å². The van der Waals surface area contributed by atoms with Crippen molar-refractivity contribution in [2.75, 3.05) is 46.1 Å². The number of piperazine rings is 1. The summed E-state index contributed by atoms with van der Waals surface area (Å²) < 4.78 is 10.6. The molecule has 1 fully saturated rings. The van der Waals surface area contributed by atoms with Gasteiger partial charge in [0.1, 0.15) is 0 Å². The molecular formula is C16H22N2O3. The Hall–Kier alpha value is -1.59. The number of carbonyl (C=O) groups excluding carboxylic acids is 1. The van der Waals surface area contributed by atoms with Gasteiger partial charge in [0.15, 0.2) is 17.3 Å². The van der Waals surface area contributed by atoms with Crippen LogP contribution in [0.5, 0.6) is 11.5 Å². The van der Waals surface area contributed by atoms with Crippen LogP contribution >= 0.6 is 0 Å². The number of Topliss-reactive ketones (excluding diaryl/α,β-unsaturated/α-hetero) is 1. The molecular weight excluding hydrogens is 268 g/mol. The molecule has 21 heavy (non-hydrogen) atoms. The van der Waals surface area contributed by atoms with Gasteiger partial charge in [-0.15, -0.1) is 0 Å². The third-order valence-corrected chi connectivity index (χ3v) is 4.07. The van der Waals surface area contributed by atoms with E-state index in [0.29, 0.717) is 17.9 Å². The third-order valence-electron chi connectivity index (χ3n) is 4.07. The van der Waals surface area contributed by atoms with E-state index in [1.54, 1.807) is 6.07 Å². The number of hydrogen-bond donors (Lipinski definition) is 0. The number of rotatable bonds is 5. The standard InChI is InChI=1S/C16H22N2O3/c1-2-5-17-6-8-18(9-7-17)11-14(19)13-3-4-15-16(10-13)21-12-20-15/h3-4,10H,2,5-9,11-12H2,1H3. The second-order valence-electron chi connectivity index (χ2n) is 5.61. The maximum Gasteiger partial charge on any atom is 0.231 e. The molecule has 2 heterocycles. The van der Waals surface area contributed by atoms with Crippen molar-refractivity contribution >= 4 is 5.78 Å². The molecule has 0 saturated carbocycles. The Labute approximate surface area is 125 Å². The van der Waals surface area contributed by atoms with Crippen LogP contribution < -0.4 is 9.47 Å². The molecule has 1 aromatic carbocycles. The lowest BCUT2D eigenvalue weighted by Gasteiger charge is -2.34. The summed E-state index contributed by atoms with van der Waals surface area (Å²) >= 11 is 0. The summed E-state index contributed by atoms with van der Waals surface area (Å²) in [5, 5.41) is 0. The SMILES string of the molecule is CCCN1CCN(CC(=O)c2ccc3c(c2)OCO3)CC1. The summed E-state index contributed by atoms with van der Waals surface area (Å²) in [4.78, 5) is 17.1. The predicted octanol–water partition coefficient (Wildman–Crippen LogP) is 1.63. The second kappa shape index (κ2) is 6.45. The highest BCUT2D eigenvalue weighted by Gasteiger charge is 2.21. The van der Waals surface area contributed by atoms with Crippen molar-refractivity contribution in [3.63, 3.8) is 0 Å². The molecule has 0 aromatic heterocycles. The lowest BCUT2D eigenvalue weighted by molar-refractivity contribution is 0.0852. The zero-order valence-electron chi connectivity index (χ0n) is 12.5. The Balaban J connectivity index is 1.55. The van der Waals surface area contributed by atoms with Crippen LogP contribution in [0.2, 0.25) is 0 Å². The van der Waals surface area contributed by atoms with E-state index >= 15 is 0 Å². The molecule has 0 N–H and O–H groups in total. The molecule has 2 aliphatic heterocycles. The van der Waals surface area contributed by atoms with Gasteiger partial charge in [0.05, 0.1) is 6.54 Å². The van der Waals surface area contributed by atoms with E-state index in [2.05, 4.69) is 16.7 Å². The van der Waals surface area contributed by atoms with Crippen LogP contribution in [-0.2, 0) is 0 Å². The molecule has 0 atom stereocenters. The number of ether oxygens (including phenoxy) is 2. The van der Waals surface area contributed by atoms with Crippen molar-refractivity contribution in [2.45, 2.75) is 13.3 Å². The number of ketones is 1. The van der Waals surface area contributed by atoms with Gasteiger partial charge < -0.3 is 14.4 Å². The molecule has 2 aliphatic rings. The van der Waals surface area contributed by atoms with E-state index in [1.165, 1.54) is 6.42 Å². The second-order valence-corrected chi connectivity index (χ2v) is 5.61. The number of benzene rings is 1. The Morgan fingerprint density at radius 1 is 1.10 bits per heavy atom. The highest BCUT2D eigenvalue weighted by atomic mass is 16.7. The van der Waals surface area contributed by atoms with Crippen molar-refractivity contribution in [3.8, 4) is 11.5 Å². The molecule has 114 valence electrons. The lowest BCUT2D eigenvalue weighted by atomic mass is 10.1. The van der Waals surface area contributed by atoms with Gasteiger partial charge in [-0.25, -0.2) is 0 Å². The Morgan fingerprint density at radius 3 is 2.57 bits per heavy atom. The molecule has 0 radical (unpaired) electrons. The number of nitrogens with zero attached hydrogens (tertiary/aromatic N) is 2. The van der Waals surface area contributed by atoms with Gasteiger partial charge in [-0.2, -0.15) is 0 Å². The Morgan fingerprint density at radius 2 is 1.81 bits per heavy atom. The van der Waals surface area contributed by atoms with Crippen LogP contribution in [-0.4, -0.2) is 61.6 Å². The van der Waals surface area contributed by atoms with E-state index in [0.717, 1.165) is 38.5 Å². The first-order valence-electron chi connectivity index (χ1n) is 7.64. The van der Waals surface area contributed by atoms with E-state index in [4.69, 9.17) is 9.47 Å². The summed E-state index contributed by atoms with van der Waals surface area (Å²) in [6.07, 6.45) is 1.19. The van der Waals surface area contributed by atoms with Gasteiger partial charge in [-0.05, 0) is 31.2 Å². The van der Waals surface area contributed by atoms with Gasteiger partial charge in [0, 0.05) is 31.7 Å². The average molecular weight is 290 g/mol. The predicted molar refractivity (Wildman–Crippen MR) is 80.1 cm³/mol. The van der Waals surface area contributed by atoms with E-state index < -0.39 is 0 Å². The smallest absolute Gasteiger partial charge is 0.231 e. The van der Waals surface area contributed by atoms with Crippen LogP contribution in [0, 0.1) is 0 Å². The van der Waals surface area contributed by atoms with Crippen LogP contribution in [0.3, 0.4) is 0 Å². The fourth-order valence-corrected chi connectivity index (χ4v) is 2.85. The quantitative estimate of drug-likeness (QED) is 0.771. The average Bonchev–Trinajstić information content (AvgIpc) is 2.97. The van der Waals surface area contributed by atoms with Gasteiger partial charge in [-0.1, -0.05) is 6.92 Å². The van der Waals surface area contributed by atoms with Crippen molar-refractivity contribution in [1.29, 1.82) is 0 Å². The molecule has 0 unspecified atom stereocenters. The van der Waals surface area contributed by atoms with Crippen molar-refractivity contribution in [1.82, 2.24) is 9.80 Å². The van der Waals surface area contributed by atoms with Gasteiger partial charge in [0.25, 0.3) is 0 Å². The van der Waals surface area contributed by atoms with Crippen LogP contribution in [0.15, 0.2) is 18.2 Å². The topological polar surface area (TPSA) is 42.0 Å². The number of fused-ring (bicyclic) bond motifs is 1. The highest BCUT2D eigenvalue weighted by Crippen LogP contribution is 2.32. The minimum absolute atomic E-state index is 0.150. The van der Waals surface area contributed by atoms with E-state index in [9.17, 15) is 4.79 Å². The zero-order valence-corrected chi connectivity index (χ0v) is 12.5. The summed E-state index contributed by atoms with van der Waals surface area (Å²) in [7, 11) is 0. The van der Waals surface area contributed by atoms with E-state index in [-0.39, 0.29) is 12.6 Å². The largest absolute Gasteiger partial charge is 0.454 e. The van der Waals surface area contributed by atoms with Crippen molar-refractivity contribution < 1.29 is 14.3 Å². The van der Waals surface area contributed by atoms with Gasteiger partial charge in [-0.3, -0.25) is 9.69 Å². The van der Waals surface area contributed by atoms with Crippen LogP contribution in [0.1, 0.15) is 23.7 Å². The first-order chi connectivity index (χ1) is 10.3. The summed E-state index contributed by atoms with van der Waals surface area (Å²) in [5.41, 5.74) is 0.704.